The summed E-state index contributed by atoms with van der Waals surface area (Å²) in [6, 6.07) is 0.362. The molecule has 2 rings (SSSR count). The van der Waals surface area contributed by atoms with Gasteiger partial charge in [-0.25, -0.2) is 0 Å². The van der Waals surface area contributed by atoms with E-state index in [0.29, 0.717) is 19.1 Å². The quantitative estimate of drug-likeness (QED) is 0.377. The Morgan fingerprint density at radius 3 is 2.50 bits per heavy atom. The fourth-order valence-electron chi connectivity index (χ4n) is 3.69. The Morgan fingerprint density at radius 1 is 1.19 bits per heavy atom. The number of guanidine groups is 1. The van der Waals surface area contributed by atoms with E-state index in [1.807, 2.05) is 0 Å². The molecule has 1 saturated carbocycles. The number of nitrogens with zero attached hydrogens (tertiary/aromatic N) is 2. The summed E-state index contributed by atoms with van der Waals surface area (Å²) in [7, 11) is 0. The van der Waals surface area contributed by atoms with Crippen molar-refractivity contribution in [1.29, 1.82) is 0 Å². The molecule has 7 nitrogen and oxygen atoms in total. The molecule has 0 radical (unpaired) electrons. The fraction of sp³-hybridized carbons (Fsp3) is 0.895. The monoisotopic (exact) mass is 367 g/mol. The molecule has 0 unspecified atom stereocenters. The largest absolute Gasteiger partial charge is 0.388 e. The normalized spacial score (nSPS) is 21.6. The molecule has 1 aliphatic heterocycles. The number of rotatable bonds is 8. The van der Waals surface area contributed by atoms with Gasteiger partial charge in [0.1, 0.15) is 0 Å². The lowest BCUT2D eigenvalue weighted by atomic mass is 10.0. The molecule has 1 amide bonds. The summed E-state index contributed by atoms with van der Waals surface area (Å²) in [5, 5.41) is 20.2. The molecule has 0 aromatic heterocycles. The fourth-order valence-corrected chi connectivity index (χ4v) is 3.69. The molecule has 0 aromatic carbocycles. The van der Waals surface area contributed by atoms with E-state index in [1.54, 1.807) is 0 Å². The van der Waals surface area contributed by atoms with Gasteiger partial charge < -0.3 is 21.1 Å². The first kappa shape index (κ1) is 21.0. The molecule has 1 saturated heterocycles. The molecule has 4 N–H and O–H groups in total. The van der Waals surface area contributed by atoms with E-state index in [2.05, 4.69) is 39.7 Å². The molecule has 1 heterocycles. The van der Waals surface area contributed by atoms with Crippen molar-refractivity contribution in [3.63, 3.8) is 0 Å². The minimum Gasteiger partial charge on any atom is -0.388 e. The average molecular weight is 368 g/mol. The SMILES string of the molecule is CCCNC(=O)CN1CCC(NC(=NCC2(O)CCCC2)NCC)CC1. The van der Waals surface area contributed by atoms with Crippen LogP contribution < -0.4 is 16.0 Å². The zero-order valence-corrected chi connectivity index (χ0v) is 16.5. The van der Waals surface area contributed by atoms with Crippen LogP contribution in [0.1, 0.15) is 58.8 Å². The van der Waals surface area contributed by atoms with Crippen LogP contribution in [-0.4, -0.2) is 72.8 Å². The average Bonchev–Trinajstić information content (AvgIpc) is 3.07. The summed E-state index contributed by atoms with van der Waals surface area (Å²) in [6.45, 7) is 8.48. The summed E-state index contributed by atoms with van der Waals surface area (Å²) in [5.74, 6) is 0.921. The van der Waals surface area contributed by atoms with Crippen molar-refractivity contribution in [3.8, 4) is 0 Å². The van der Waals surface area contributed by atoms with Gasteiger partial charge in [-0.05, 0) is 39.0 Å². The summed E-state index contributed by atoms with van der Waals surface area (Å²) in [5.41, 5.74) is -0.614. The van der Waals surface area contributed by atoms with Crippen molar-refractivity contribution in [2.75, 3.05) is 39.3 Å². The minimum atomic E-state index is -0.614. The summed E-state index contributed by atoms with van der Waals surface area (Å²) < 4.78 is 0. The molecule has 2 aliphatic rings. The predicted molar refractivity (Wildman–Crippen MR) is 105 cm³/mol. The lowest BCUT2D eigenvalue weighted by Gasteiger charge is -2.32. The molecule has 26 heavy (non-hydrogen) atoms. The summed E-state index contributed by atoms with van der Waals surface area (Å²) >= 11 is 0. The number of nitrogens with one attached hydrogen (secondary N) is 3. The minimum absolute atomic E-state index is 0.123. The van der Waals surface area contributed by atoms with Crippen molar-refractivity contribution >= 4 is 11.9 Å². The van der Waals surface area contributed by atoms with E-state index in [1.165, 1.54) is 0 Å². The number of carbonyl (C=O) groups is 1. The number of likely N-dealkylation sites (tertiary alicyclic amines) is 1. The third-order valence-electron chi connectivity index (χ3n) is 5.28. The van der Waals surface area contributed by atoms with Crippen LogP contribution in [-0.2, 0) is 4.79 Å². The molecule has 0 atom stereocenters. The van der Waals surface area contributed by atoms with Gasteiger partial charge in [0.2, 0.25) is 5.91 Å². The zero-order valence-electron chi connectivity index (χ0n) is 16.5. The summed E-state index contributed by atoms with van der Waals surface area (Å²) in [6.07, 6.45) is 6.87. The third-order valence-corrected chi connectivity index (χ3v) is 5.28. The van der Waals surface area contributed by atoms with E-state index in [-0.39, 0.29) is 5.91 Å². The Morgan fingerprint density at radius 2 is 1.88 bits per heavy atom. The molecule has 7 heteroatoms. The number of hydrogen-bond donors (Lipinski definition) is 4. The van der Waals surface area contributed by atoms with Gasteiger partial charge in [-0.2, -0.15) is 0 Å². The highest BCUT2D eigenvalue weighted by Gasteiger charge is 2.31. The van der Waals surface area contributed by atoms with Crippen molar-refractivity contribution in [2.45, 2.75) is 70.4 Å². The van der Waals surface area contributed by atoms with Gasteiger partial charge >= 0.3 is 0 Å². The van der Waals surface area contributed by atoms with Gasteiger partial charge in [-0.1, -0.05) is 19.8 Å². The highest BCUT2D eigenvalue weighted by Crippen LogP contribution is 2.29. The van der Waals surface area contributed by atoms with Crippen molar-refractivity contribution in [1.82, 2.24) is 20.9 Å². The summed E-state index contributed by atoms with van der Waals surface area (Å²) in [4.78, 5) is 18.7. The third kappa shape index (κ3) is 7.11. The predicted octanol–water partition coefficient (Wildman–Crippen LogP) is 0.837. The maximum atomic E-state index is 11.8. The van der Waals surface area contributed by atoms with Gasteiger partial charge in [0.25, 0.3) is 0 Å². The molecule has 2 fully saturated rings. The number of piperidine rings is 1. The maximum Gasteiger partial charge on any atom is 0.234 e. The standard InChI is InChI=1S/C19H37N5O2/c1-3-11-21-17(25)14-24-12-7-16(8-13-24)23-18(20-4-2)22-15-19(26)9-5-6-10-19/h16,26H,3-15H2,1-2H3,(H,21,25)(H2,20,22,23). The van der Waals surface area contributed by atoms with E-state index in [0.717, 1.165) is 77.1 Å². The Hall–Kier alpha value is -1.34. The second-order valence-corrected chi connectivity index (χ2v) is 7.67. The lowest BCUT2D eigenvalue weighted by Crippen LogP contribution is -2.50. The van der Waals surface area contributed by atoms with Crippen molar-refractivity contribution in [2.24, 2.45) is 4.99 Å². The number of hydrogen-bond acceptors (Lipinski definition) is 4. The molecule has 1 aliphatic carbocycles. The van der Waals surface area contributed by atoms with Gasteiger partial charge in [-0.15, -0.1) is 0 Å². The Bertz CT molecular complexity index is 455. The van der Waals surface area contributed by atoms with Gasteiger partial charge in [0.05, 0.1) is 18.7 Å². The van der Waals surface area contributed by atoms with E-state index in [4.69, 9.17) is 0 Å². The van der Waals surface area contributed by atoms with Crippen LogP contribution in [0.3, 0.4) is 0 Å². The highest BCUT2D eigenvalue weighted by atomic mass is 16.3. The van der Waals surface area contributed by atoms with Gasteiger partial charge in [-0.3, -0.25) is 14.7 Å². The Kier molecular flexibility index (Phi) is 8.65. The van der Waals surface area contributed by atoms with E-state index >= 15 is 0 Å². The number of carbonyl (C=O) groups excluding carboxylic acids is 1. The second kappa shape index (κ2) is 10.7. The second-order valence-electron chi connectivity index (χ2n) is 7.67. The number of aliphatic imine (C=N–C) groups is 1. The first-order chi connectivity index (χ1) is 12.5. The number of aliphatic hydroxyl groups is 1. The van der Waals surface area contributed by atoms with Crippen LogP contribution in [0.2, 0.25) is 0 Å². The molecule has 0 aromatic rings. The Balaban J connectivity index is 1.75. The van der Waals surface area contributed by atoms with Crippen LogP contribution >= 0.6 is 0 Å². The highest BCUT2D eigenvalue weighted by molar-refractivity contribution is 5.80. The molecular weight excluding hydrogens is 330 g/mol. The van der Waals surface area contributed by atoms with Crippen LogP contribution in [0.15, 0.2) is 4.99 Å². The molecular formula is C19H37N5O2. The van der Waals surface area contributed by atoms with Gasteiger partial charge in [0, 0.05) is 32.2 Å². The Labute approximate surface area is 158 Å². The topological polar surface area (TPSA) is 89.0 Å². The zero-order chi connectivity index (χ0) is 18.8. The number of amides is 1. The first-order valence-corrected chi connectivity index (χ1v) is 10.3. The maximum absolute atomic E-state index is 11.8. The van der Waals surface area contributed by atoms with Crippen LogP contribution in [0, 0.1) is 0 Å². The van der Waals surface area contributed by atoms with Crippen LogP contribution in [0.4, 0.5) is 0 Å². The molecule has 150 valence electrons. The molecule has 0 bridgehead atoms. The van der Waals surface area contributed by atoms with E-state index < -0.39 is 5.60 Å². The smallest absolute Gasteiger partial charge is 0.234 e. The van der Waals surface area contributed by atoms with E-state index in [9.17, 15) is 9.90 Å². The lowest BCUT2D eigenvalue weighted by molar-refractivity contribution is -0.122. The molecule has 0 spiro atoms. The van der Waals surface area contributed by atoms with Crippen molar-refractivity contribution in [3.05, 3.63) is 0 Å². The first-order valence-electron chi connectivity index (χ1n) is 10.3. The van der Waals surface area contributed by atoms with Crippen LogP contribution in [0.25, 0.3) is 0 Å². The van der Waals surface area contributed by atoms with Gasteiger partial charge in [0.15, 0.2) is 5.96 Å². The van der Waals surface area contributed by atoms with Crippen LogP contribution in [0.5, 0.6) is 0 Å². The van der Waals surface area contributed by atoms with Crippen molar-refractivity contribution < 1.29 is 9.90 Å².